The molecule has 0 aliphatic carbocycles. The Morgan fingerprint density at radius 1 is 1.27 bits per heavy atom. The molecule has 1 saturated heterocycles. The normalized spacial score (nSPS) is 28.8. The molecule has 1 aromatic heterocycles. The van der Waals surface area contributed by atoms with Crippen LogP contribution in [0.1, 0.15) is 6.23 Å². The molecular formula is C12H21N3O13P2. The molecule has 0 bridgehead atoms. The van der Waals surface area contributed by atoms with Crippen molar-refractivity contribution in [3.63, 3.8) is 0 Å². The van der Waals surface area contributed by atoms with E-state index in [0.29, 0.717) is 0 Å². The first-order valence-electron chi connectivity index (χ1n) is 8.13. The third-order valence-electron chi connectivity index (χ3n) is 3.96. The lowest BCUT2D eigenvalue weighted by Gasteiger charge is -2.27. The molecule has 172 valence electrons. The lowest BCUT2D eigenvalue weighted by Crippen LogP contribution is -2.38. The molecule has 2 unspecified atom stereocenters. The zero-order valence-electron chi connectivity index (χ0n) is 15.0. The predicted molar refractivity (Wildman–Crippen MR) is 94.6 cm³/mol. The van der Waals surface area contributed by atoms with E-state index in [9.17, 15) is 34.1 Å². The Labute approximate surface area is 167 Å². The smallest absolute Gasteiger partial charge is 0.394 e. The van der Waals surface area contributed by atoms with Gasteiger partial charge in [0.15, 0.2) is 12.1 Å². The highest BCUT2D eigenvalue weighted by molar-refractivity contribution is 7.64. The van der Waals surface area contributed by atoms with Gasteiger partial charge in [0, 0.05) is 6.20 Å². The average molecular weight is 477 g/mol. The molecule has 0 spiro atoms. The van der Waals surface area contributed by atoms with Crippen molar-refractivity contribution in [2.24, 2.45) is 0 Å². The van der Waals surface area contributed by atoms with Crippen molar-refractivity contribution in [3.05, 3.63) is 22.7 Å². The summed E-state index contributed by atoms with van der Waals surface area (Å²) in [6, 6.07) is 1.22. The third-order valence-corrected chi connectivity index (χ3v) is 6.88. The standard InChI is InChI=1S/C12H21N3O13P2/c13-7-1-2-15(12(20)14-7)10-9(19)8(18)6(27-10)4-26-11(5(17)3-16)29(21,22)28-30(23,24)25/h1-2,5-6,8-11,16-19H,3-4H2,(H,21,22)(H2,13,14,20)(H2,23,24,25)/t5-,6+,8+,9+,10+,11?/m0/s1. The number of aliphatic hydroxyl groups excluding tert-OH is 4. The molecule has 0 saturated carbocycles. The number of ether oxygens (including phenoxy) is 2. The van der Waals surface area contributed by atoms with Gasteiger partial charge in [-0.05, 0) is 6.07 Å². The fourth-order valence-electron chi connectivity index (χ4n) is 2.62. The van der Waals surface area contributed by atoms with Crippen molar-refractivity contribution >= 4 is 21.2 Å². The van der Waals surface area contributed by atoms with Crippen LogP contribution in [-0.2, 0) is 22.9 Å². The van der Waals surface area contributed by atoms with Crippen LogP contribution in [0.15, 0.2) is 17.1 Å². The van der Waals surface area contributed by atoms with Gasteiger partial charge in [-0.2, -0.15) is 4.98 Å². The summed E-state index contributed by atoms with van der Waals surface area (Å²) >= 11 is 0. The molecule has 0 amide bonds. The lowest BCUT2D eigenvalue weighted by atomic mass is 10.1. The zero-order valence-corrected chi connectivity index (χ0v) is 16.8. The summed E-state index contributed by atoms with van der Waals surface area (Å²) in [7, 11) is -10.8. The van der Waals surface area contributed by atoms with E-state index < -0.39 is 70.8 Å². The molecule has 18 heteroatoms. The zero-order chi connectivity index (χ0) is 22.9. The molecule has 16 nitrogen and oxygen atoms in total. The summed E-state index contributed by atoms with van der Waals surface area (Å²) in [6.45, 7) is -1.96. The van der Waals surface area contributed by atoms with E-state index in [1.807, 2.05) is 0 Å². The third kappa shape index (κ3) is 5.91. The highest BCUT2D eigenvalue weighted by atomic mass is 31.3. The molecule has 2 heterocycles. The van der Waals surface area contributed by atoms with E-state index in [4.69, 9.17) is 30.1 Å². The summed E-state index contributed by atoms with van der Waals surface area (Å²) < 4.78 is 37.8. The molecule has 2 rings (SSSR count). The van der Waals surface area contributed by atoms with Gasteiger partial charge in [0.2, 0.25) is 0 Å². The van der Waals surface area contributed by atoms with Crippen molar-refractivity contribution in [2.75, 3.05) is 18.9 Å². The van der Waals surface area contributed by atoms with Gasteiger partial charge in [0.1, 0.15) is 30.2 Å². The van der Waals surface area contributed by atoms with E-state index in [0.717, 1.165) is 10.8 Å². The van der Waals surface area contributed by atoms with Gasteiger partial charge >= 0.3 is 21.1 Å². The maximum atomic E-state index is 12.1. The molecule has 1 aliphatic heterocycles. The van der Waals surface area contributed by atoms with Gasteiger partial charge in [-0.25, -0.2) is 13.7 Å². The Hall–Kier alpha value is -1.26. The maximum absolute atomic E-state index is 12.1. The van der Waals surface area contributed by atoms with Crippen LogP contribution in [0.2, 0.25) is 0 Å². The number of anilines is 1. The second-order valence-electron chi connectivity index (χ2n) is 6.20. The fourth-order valence-corrected chi connectivity index (χ4v) is 5.02. The Morgan fingerprint density at radius 2 is 1.90 bits per heavy atom. The van der Waals surface area contributed by atoms with Crippen LogP contribution in [0.3, 0.4) is 0 Å². The van der Waals surface area contributed by atoms with E-state index in [-0.39, 0.29) is 5.82 Å². The minimum atomic E-state index is -5.48. The molecule has 7 atom stereocenters. The van der Waals surface area contributed by atoms with Crippen molar-refractivity contribution in [1.29, 1.82) is 0 Å². The topological polar surface area (TPSA) is 264 Å². The highest BCUT2D eigenvalue weighted by Gasteiger charge is 2.48. The van der Waals surface area contributed by atoms with Crippen LogP contribution in [0.5, 0.6) is 0 Å². The van der Waals surface area contributed by atoms with Gasteiger partial charge in [-0.3, -0.25) is 9.13 Å². The van der Waals surface area contributed by atoms with Crippen LogP contribution in [0.4, 0.5) is 5.82 Å². The second-order valence-corrected chi connectivity index (χ2v) is 9.47. The number of aliphatic hydroxyl groups is 4. The Kier molecular flexibility index (Phi) is 7.90. The lowest BCUT2D eigenvalue weighted by molar-refractivity contribution is -0.0953. The quantitative estimate of drug-likeness (QED) is 0.160. The predicted octanol–water partition coefficient (Wildman–Crippen LogP) is -3.56. The van der Waals surface area contributed by atoms with Crippen LogP contribution in [-0.4, -0.2) is 88.1 Å². The van der Waals surface area contributed by atoms with Crippen LogP contribution in [0.25, 0.3) is 0 Å². The molecular weight excluding hydrogens is 456 g/mol. The van der Waals surface area contributed by atoms with Gasteiger partial charge < -0.3 is 50.3 Å². The summed E-state index contributed by atoms with van der Waals surface area (Å²) in [6.07, 6.45) is -7.21. The van der Waals surface area contributed by atoms with Crippen molar-refractivity contribution in [3.8, 4) is 0 Å². The largest absolute Gasteiger partial charge is 0.476 e. The Bertz CT molecular complexity index is 890. The van der Waals surface area contributed by atoms with E-state index in [2.05, 4.69) is 9.29 Å². The number of rotatable bonds is 9. The van der Waals surface area contributed by atoms with E-state index in [1.165, 1.54) is 6.07 Å². The molecule has 1 fully saturated rings. The van der Waals surface area contributed by atoms with E-state index in [1.54, 1.807) is 0 Å². The van der Waals surface area contributed by atoms with Gasteiger partial charge in [-0.15, -0.1) is 0 Å². The number of nitrogen functional groups attached to an aromatic ring is 1. The minimum absolute atomic E-state index is 0.103. The maximum Gasteiger partial charge on any atom is 0.476 e. The molecule has 30 heavy (non-hydrogen) atoms. The number of hydrogen-bond acceptors (Lipinski definition) is 12. The number of nitrogens with zero attached hydrogens (tertiary/aromatic N) is 2. The van der Waals surface area contributed by atoms with Crippen LogP contribution < -0.4 is 11.4 Å². The monoisotopic (exact) mass is 477 g/mol. The molecule has 0 radical (unpaired) electrons. The first kappa shape index (κ1) is 25.0. The average Bonchev–Trinajstić information content (AvgIpc) is 2.88. The molecule has 9 N–H and O–H groups in total. The summed E-state index contributed by atoms with van der Waals surface area (Å²) in [5.74, 6) is -2.45. The van der Waals surface area contributed by atoms with Crippen molar-refractivity contribution < 1.29 is 58.0 Å². The molecule has 1 aromatic rings. The Morgan fingerprint density at radius 3 is 2.43 bits per heavy atom. The van der Waals surface area contributed by atoms with Crippen molar-refractivity contribution in [1.82, 2.24) is 9.55 Å². The fraction of sp³-hybridized carbons (Fsp3) is 0.667. The molecule has 0 aromatic carbocycles. The summed E-state index contributed by atoms with van der Waals surface area (Å²) in [5, 5.41) is 38.9. The second kappa shape index (κ2) is 9.48. The number of hydrogen-bond donors (Lipinski definition) is 8. The number of nitrogens with two attached hydrogens (primary N) is 1. The highest BCUT2D eigenvalue weighted by Crippen LogP contribution is 2.60. The Balaban J connectivity index is 2.16. The first-order chi connectivity index (χ1) is 13.8. The first-order valence-corrected chi connectivity index (χ1v) is 11.3. The molecule has 1 aliphatic rings. The van der Waals surface area contributed by atoms with Crippen LogP contribution >= 0.6 is 15.4 Å². The SMILES string of the molecule is Nc1ccn([C@@H]2O[C@H](COC([C@@H](O)CO)P(=O)(O)OP(=O)(O)O)[C@@H](O)[C@H]2O)c(=O)n1. The minimum Gasteiger partial charge on any atom is -0.394 e. The van der Waals surface area contributed by atoms with Gasteiger partial charge in [-0.1, -0.05) is 0 Å². The van der Waals surface area contributed by atoms with Crippen LogP contribution in [0, 0.1) is 0 Å². The number of aromatic nitrogens is 2. The van der Waals surface area contributed by atoms with Crippen molar-refractivity contribution in [2.45, 2.75) is 36.5 Å². The summed E-state index contributed by atoms with van der Waals surface area (Å²) in [4.78, 5) is 42.5. The summed E-state index contributed by atoms with van der Waals surface area (Å²) in [5.41, 5.74) is 4.46. The number of phosphoric acid groups is 1. The van der Waals surface area contributed by atoms with E-state index >= 15 is 0 Å². The van der Waals surface area contributed by atoms with Gasteiger partial charge in [0.05, 0.1) is 13.2 Å². The van der Waals surface area contributed by atoms with Gasteiger partial charge in [0.25, 0.3) is 0 Å².